The molecule has 1 heterocycles. The van der Waals surface area contributed by atoms with Crippen LogP contribution in [0.2, 0.25) is 0 Å². The number of allylic oxidation sites excluding steroid dienone is 1. The first-order valence-electron chi connectivity index (χ1n) is 4.71. The zero-order chi connectivity index (χ0) is 8.81. The predicted molar refractivity (Wildman–Crippen MR) is 47.8 cm³/mol. The van der Waals surface area contributed by atoms with Gasteiger partial charge in [0, 0.05) is 0 Å². The van der Waals surface area contributed by atoms with Gasteiger partial charge in [-0.05, 0) is 18.9 Å². The summed E-state index contributed by atoms with van der Waals surface area (Å²) < 4.78 is 4.62. The number of epoxide rings is 1. The molecule has 1 atom stereocenters. The number of hydrogen-bond acceptors (Lipinski definition) is 2. The molecule has 0 saturated carbocycles. The third-order valence-corrected chi connectivity index (χ3v) is 1.95. The largest absolute Gasteiger partial charge is 0.443 e. The Labute approximate surface area is 73.6 Å². The van der Waals surface area contributed by atoms with Gasteiger partial charge in [0.25, 0.3) is 0 Å². The Morgan fingerprint density at radius 3 is 2.75 bits per heavy atom. The molecule has 0 aromatic carbocycles. The van der Waals surface area contributed by atoms with Crippen LogP contribution in [-0.4, -0.2) is 12.1 Å². The highest BCUT2D eigenvalue weighted by atomic mass is 16.6. The highest BCUT2D eigenvalue weighted by Gasteiger charge is 2.34. The monoisotopic (exact) mass is 168 g/mol. The smallest absolute Gasteiger partial charge is 0.352 e. The molecule has 1 aliphatic rings. The zero-order valence-corrected chi connectivity index (χ0v) is 7.58. The topological polar surface area (TPSA) is 29.6 Å². The van der Waals surface area contributed by atoms with Gasteiger partial charge in [-0.2, -0.15) is 0 Å². The molecular weight excluding hydrogens is 152 g/mol. The standard InChI is InChI=1S/C10H16O2/c1-2-3-4-5-6-7-8-9-10(11)12-9/h7-9H,2-6H2,1H3. The maximum Gasteiger partial charge on any atom is 0.352 e. The maximum absolute atomic E-state index is 10.4. The Morgan fingerprint density at radius 1 is 1.42 bits per heavy atom. The van der Waals surface area contributed by atoms with Gasteiger partial charge in [-0.1, -0.05) is 32.3 Å². The van der Waals surface area contributed by atoms with E-state index in [2.05, 4.69) is 11.7 Å². The SMILES string of the molecule is CCCCCCC=CC1OC1=O. The third-order valence-electron chi connectivity index (χ3n) is 1.95. The van der Waals surface area contributed by atoms with Crippen LogP contribution in [0.15, 0.2) is 12.2 Å². The summed E-state index contributed by atoms with van der Waals surface area (Å²) in [4.78, 5) is 10.4. The normalized spacial score (nSPS) is 21.4. The summed E-state index contributed by atoms with van der Waals surface area (Å²) in [6, 6.07) is 0. The van der Waals surface area contributed by atoms with Crippen LogP contribution in [0.4, 0.5) is 0 Å². The molecule has 0 bridgehead atoms. The summed E-state index contributed by atoms with van der Waals surface area (Å²) in [5.74, 6) is -0.0835. The fourth-order valence-electron chi connectivity index (χ4n) is 1.12. The second-order valence-corrected chi connectivity index (χ2v) is 3.13. The van der Waals surface area contributed by atoms with Crippen LogP contribution >= 0.6 is 0 Å². The van der Waals surface area contributed by atoms with Gasteiger partial charge >= 0.3 is 5.97 Å². The zero-order valence-electron chi connectivity index (χ0n) is 7.58. The molecule has 1 saturated heterocycles. The molecule has 1 fully saturated rings. The third kappa shape index (κ3) is 3.56. The van der Waals surface area contributed by atoms with E-state index in [0.717, 1.165) is 6.42 Å². The lowest BCUT2D eigenvalue weighted by atomic mass is 10.1. The van der Waals surface area contributed by atoms with Gasteiger partial charge in [-0.25, -0.2) is 4.79 Å². The number of carbonyl (C=O) groups is 1. The van der Waals surface area contributed by atoms with Crippen molar-refractivity contribution in [3.8, 4) is 0 Å². The average molecular weight is 168 g/mol. The van der Waals surface area contributed by atoms with Crippen molar-refractivity contribution < 1.29 is 9.53 Å². The van der Waals surface area contributed by atoms with Crippen LogP contribution in [0.25, 0.3) is 0 Å². The van der Waals surface area contributed by atoms with Crippen LogP contribution < -0.4 is 0 Å². The van der Waals surface area contributed by atoms with Gasteiger partial charge in [0.05, 0.1) is 0 Å². The van der Waals surface area contributed by atoms with Crippen molar-refractivity contribution in [3.05, 3.63) is 12.2 Å². The van der Waals surface area contributed by atoms with Gasteiger partial charge < -0.3 is 4.74 Å². The van der Waals surface area contributed by atoms with E-state index in [1.807, 2.05) is 12.2 Å². The molecule has 1 aliphatic heterocycles. The van der Waals surface area contributed by atoms with E-state index in [-0.39, 0.29) is 12.1 Å². The number of hydrogen-bond donors (Lipinski definition) is 0. The maximum atomic E-state index is 10.4. The summed E-state index contributed by atoms with van der Waals surface area (Å²) in [5, 5.41) is 0. The van der Waals surface area contributed by atoms with E-state index in [1.54, 1.807) is 0 Å². The average Bonchev–Trinajstić information content (AvgIpc) is 2.74. The van der Waals surface area contributed by atoms with Crippen LogP contribution in [-0.2, 0) is 9.53 Å². The van der Waals surface area contributed by atoms with Crippen molar-refractivity contribution in [1.29, 1.82) is 0 Å². The second-order valence-electron chi connectivity index (χ2n) is 3.13. The molecule has 68 valence electrons. The van der Waals surface area contributed by atoms with Crippen molar-refractivity contribution in [2.45, 2.75) is 45.1 Å². The van der Waals surface area contributed by atoms with E-state index in [1.165, 1.54) is 25.7 Å². The molecule has 0 aromatic heterocycles. The van der Waals surface area contributed by atoms with Gasteiger partial charge in [-0.15, -0.1) is 0 Å². The van der Waals surface area contributed by atoms with E-state index >= 15 is 0 Å². The fourth-order valence-corrected chi connectivity index (χ4v) is 1.12. The summed E-state index contributed by atoms with van der Waals surface area (Å²) in [7, 11) is 0. The van der Waals surface area contributed by atoms with Crippen LogP contribution in [0.5, 0.6) is 0 Å². The van der Waals surface area contributed by atoms with E-state index in [0.29, 0.717) is 0 Å². The lowest BCUT2D eigenvalue weighted by Crippen LogP contribution is -1.79. The lowest BCUT2D eigenvalue weighted by Gasteiger charge is -1.92. The number of rotatable bonds is 6. The van der Waals surface area contributed by atoms with Gasteiger partial charge in [0.2, 0.25) is 6.10 Å². The Balaban J connectivity index is 1.88. The predicted octanol–water partition coefficient (Wildman–Crippen LogP) is 2.44. The first-order valence-corrected chi connectivity index (χ1v) is 4.71. The fraction of sp³-hybridized carbons (Fsp3) is 0.700. The molecule has 1 unspecified atom stereocenters. The first-order chi connectivity index (χ1) is 5.84. The molecule has 0 N–H and O–H groups in total. The quantitative estimate of drug-likeness (QED) is 0.346. The van der Waals surface area contributed by atoms with Crippen molar-refractivity contribution >= 4 is 5.97 Å². The molecule has 12 heavy (non-hydrogen) atoms. The van der Waals surface area contributed by atoms with Crippen molar-refractivity contribution in [2.75, 3.05) is 0 Å². The second kappa shape index (κ2) is 4.96. The highest BCUT2D eigenvalue weighted by molar-refractivity contribution is 5.89. The van der Waals surface area contributed by atoms with Gasteiger partial charge in [0.1, 0.15) is 0 Å². The van der Waals surface area contributed by atoms with Crippen molar-refractivity contribution in [3.63, 3.8) is 0 Å². The molecule has 2 nitrogen and oxygen atoms in total. The molecule has 0 spiro atoms. The van der Waals surface area contributed by atoms with Gasteiger partial charge in [0.15, 0.2) is 0 Å². The highest BCUT2D eigenvalue weighted by Crippen LogP contribution is 2.14. The van der Waals surface area contributed by atoms with Gasteiger partial charge in [-0.3, -0.25) is 0 Å². The minimum absolute atomic E-state index is 0.0835. The summed E-state index contributed by atoms with van der Waals surface area (Å²) in [5.41, 5.74) is 0. The molecule has 0 amide bonds. The minimum Gasteiger partial charge on any atom is -0.443 e. The van der Waals surface area contributed by atoms with Crippen molar-refractivity contribution in [1.82, 2.24) is 0 Å². The number of cyclic esters (lactones) is 1. The first kappa shape index (κ1) is 9.30. The molecular formula is C10H16O2. The summed E-state index contributed by atoms with van der Waals surface area (Å²) in [6.07, 6.45) is 9.88. The molecule has 0 aromatic rings. The molecule has 2 heteroatoms. The Bertz CT molecular complexity index is 173. The molecule has 0 radical (unpaired) electrons. The van der Waals surface area contributed by atoms with Crippen LogP contribution in [0, 0.1) is 0 Å². The molecule has 0 aliphatic carbocycles. The van der Waals surface area contributed by atoms with Crippen molar-refractivity contribution in [2.24, 2.45) is 0 Å². The van der Waals surface area contributed by atoms with Crippen LogP contribution in [0.3, 0.4) is 0 Å². The summed E-state index contributed by atoms with van der Waals surface area (Å²) in [6.45, 7) is 2.20. The lowest BCUT2D eigenvalue weighted by molar-refractivity contribution is -0.117. The van der Waals surface area contributed by atoms with E-state index < -0.39 is 0 Å². The number of ether oxygens (including phenoxy) is 1. The van der Waals surface area contributed by atoms with E-state index in [9.17, 15) is 4.79 Å². The summed E-state index contributed by atoms with van der Waals surface area (Å²) >= 11 is 0. The number of carbonyl (C=O) groups excluding carboxylic acids is 1. The van der Waals surface area contributed by atoms with Crippen LogP contribution in [0.1, 0.15) is 39.0 Å². The Kier molecular flexibility index (Phi) is 3.85. The van der Waals surface area contributed by atoms with E-state index in [4.69, 9.17) is 0 Å². The Hall–Kier alpha value is -0.790. The Morgan fingerprint density at radius 2 is 2.17 bits per heavy atom. The number of unbranched alkanes of at least 4 members (excludes halogenated alkanes) is 4. The minimum atomic E-state index is -0.198. The molecule has 1 rings (SSSR count).